The van der Waals surface area contributed by atoms with Gasteiger partial charge in [0.25, 0.3) is 0 Å². The molecule has 0 aromatic carbocycles. The van der Waals surface area contributed by atoms with Crippen LogP contribution >= 0.6 is 0 Å². The highest BCUT2D eigenvalue weighted by Crippen LogP contribution is 2.26. The van der Waals surface area contributed by atoms with Crippen LogP contribution in [0.25, 0.3) is 0 Å². The molecule has 0 bridgehead atoms. The lowest BCUT2D eigenvalue weighted by Crippen LogP contribution is -2.44. The zero-order chi connectivity index (χ0) is 14.5. The normalized spacial score (nSPS) is 17.9. The Kier molecular flexibility index (Phi) is 4.95. The number of nitrogens with zero attached hydrogens (tertiary/aromatic N) is 2. The Morgan fingerprint density at radius 2 is 2.15 bits per heavy atom. The van der Waals surface area contributed by atoms with Crippen molar-refractivity contribution in [2.75, 3.05) is 25.0 Å². The molecule has 1 atom stereocenters. The molecule has 5 nitrogen and oxygen atoms in total. The predicted octanol–water partition coefficient (Wildman–Crippen LogP) is 1.47. The molecule has 1 aromatic heterocycles. The minimum absolute atomic E-state index is 0.0609. The summed E-state index contributed by atoms with van der Waals surface area (Å²) in [5.41, 5.74) is 1.23. The van der Waals surface area contributed by atoms with Crippen LogP contribution in [0.4, 0.5) is 5.82 Å². The first-order valence-corrected chi connectivity index (χ1v) is 7.26. The first-order valence-electron chi connectivity index (χ1n) is 7.26. The van der Waals surface area contributed by atoms with Crippen molar-refractivity contribution in [2.24, 2.45) is 0 Å². The number of piperidine rings is 1. The lowest BCUT2D eigenvalue weighted by molar-refractivity contribution is -0.119. The van der Waals surface area contributed by atoms with Crippen molar-refractivity contribution < 1.29 is 4.79 Å². The number of nitrogens with one attached hydrogen (secondary N) is 2. The fourth-order valence-corrected chi connectivity index (χ4v) is 2.69. The Balaban J connectivity index is 2.05. The van der Waals surface area contributed by atoms with E-state index in [-0.39, 0.29) is 11.9 Å². The molecule has 1 saturated heterocycles. The van der Waals surface area contributed by atoms with Gasteiger partial charge in [-0.1, -0.05) is 6.07 Å². The van der Waals surface area contributed by atoms with E-state index in [1.165, 1.54) is 5.56 Å². The summed E-state index contributed by atoms with van der Waals surface area (Å²) in [5, 5.41) is 6.28. The fourth-order valence-electron chi connectivity index (χ4n) is 2.69. The molecule has 0 spiro atoms. The highest BCUT2D eigenvalue weighted by molar-refractivity contribution is 5.73. The van der Waals surface area contributed by atoms with Crippen LogP contribution in [0.15, 0.2) is 18.3 Å². The van der Waals surface area contributed by atoms with Gasteiger partial charge in [-0.2, -0.15) is 0 Å². The van der Waals surface area contributed by atoms with Gasteiger partial charge < -0.3 is 15.5 Å². The first kappa shape index (κ1) is 14.8. The lowest BCUT2D eigenvalue weighted by atomic mass is 10.0. The quantitative estimate of drug-likeness (QED) is 0.874. The van der Waals surface area contributed by atoms with Crippen LogP contribution in [0.1, 0.15) is 38.3 Å². The van der Waals surface area contributed by atoms with Gasteiger partial charge in [-0.15, -0.1) is 0 Å². The molecule has 0 saturated carbocycles. The van der Waals surface area contributed by atoms with E-state index in [1.54, 1.807) is 6.92 Å². The zero-order valence-electron chi connectivity index (χ0n) is 12.5. The Morgan fingerprint density at radius 1 is 1.45 bits per heavy atom. The molecule has 0 aliphatic carbocycles. The number of aromatic nitrogens is 1. The van der Waals surface area contributed by atoms with E-state index in [2.05, 4.69) is 33.5 Å². The van der Waals surface area contributed by atoms with Gasteiger partial charge in [-0.3, -0.25) is 4.79 Å². The second-order valence-electron chi connectivity index (χ2n) is 5.39. The average Bonchev–Trinajstić information content (AvgIpc) is 2.46. The summed E-state index contributed by atoms with van der Waals surface area (Å²) in [6.45, 7) is 5.60. The third-order valence-electron chi connectivity index (χ3n) is 3.92. The topological polar surface area (TPSA) is 57.3 Å². The smallest absolute Gasteiger partial charge is 0.217 e. The molecular weight excluding hydrogens is 252 g/mol. The SMILES string of the molecule is CNC(C)c1cccnc1N1CCC(NC(C)=O)CC1. The number of carbonyl (C=O) groups excluding carboxylic acids is 1. The van der Waals surface area contributed by atoms with Crippen LogP contribution < -0.4 is 15.5 Å². The molecule has 1 aliphatic heterocycles. The molecule has 2 rings (SSSR count). The summed E-state index contributed by atoms with van der Waals surface area (Å²) in [7, 11) is 1.96. The monoisotopic (exact) mass is 276 g/mol. The Bertz CT molecular complexity index is 455. The highest BCUT2D eigenvalue weighted by atomic mass is 16.1. The molecule has 110 valence electrons. The van der Waals surface area contributed by atoms with Crippen molar-refractivity contribution in [3.05, 3.63) is 23.9 Å². The van der Waals surface area contributed by atoms with Gasteiger partial charge in [-0.05, 0) is 32.9 Å². The molecule has 1 aromatic rings. The van der Waals surface area contributed by atoms with Gasteiger partial charge >= 0.3 is 0 Å². The van der Waals surface area contributed by atoms with Crippen LogP contribution in [0, 0.1) is 0 Å². The molecule has 0 radical (unpaired) electrons. The van der Waals surface area contributed by atoms with Crippen LogP contribution in [0.2, 0.25) is 0 Å². The molecule has 5 heteroatoms. The van der Waals surface area contributed by atoms with E-state index in [4.69, 9.17) is 0 Å². The van der Waals surface area contributed by atoms with Crippen LogP contribution in [0.5, 0.6) is 0 Å². The molecule has 2 N–H and O–H groups in total. The fraction of sp³-hybridized carbons (Fsp3) is 0.600. The van der Waals surface area contributed by atoms with Crippen LogP contribution in [0.3, 0.4) is 0 Å². The average molecular weight is 276 g/mol. The number of carbonyl (C=O) groups is 1. The van der Waals surface area contributed by atoms with E-state index in [0.717, 1.165) is 31.7 Å². The van der Waals surface area contributed by atoms with Gasteiger partial charge in [0.2, 0.25) is 5.91 Å². The molecule has 1 unspecified atom stereocenters. The summed E-state index contributed by atoms with van der Waals surface area (Å²) in [6, 6.07) is 4.70. The van der Waals surface area contributed by atoms with Gasteiger partial charge in [0.1, 0.15) is 5.82 Å². The van der Waals surface area contributed by atoms with Crippen LogP contribution in [-0.2, 0) is 4.79 Å². The van der Waals surface area contributed by atoms with Crippen molar-refractivity contribution in [3.63, 3.8) is 0 Å². The standard InChI is InChI=1S/C15H24N4O/c1-11(16-3)14-5-4-8-17-15(14)19-9-6-13(7-10-19)18-12(2)20/h4-5,8,11,13,16H,6-7,9-10H2,1-3H3,(H,18,20). The number of hydrogen-bond donors (Lipinski definition) is 2. The molecule has 2 heterocycles. The zero-order valence-corrected chi connectivity index (χ0v) is 12.5. The lowest BCUT2D eigenvalue weighted by Gasteiger charge is -2.34. The summed E-state index contributed by atoms with van der Waals surface area (Å²) >= 11 is 0. The summed E-state index contributed by atoms with van der Waals surface area (Å²) < 4.78 is 0. The largest absolute Gasteiger partial charge is 0.356 e. The second kappa shape index (κ2) is 6.70. The number of rotatable bonds is 4. The van der Waals surface area contributed by atoms with Crippen LogP contribution in [-0.4, -0.2) is 37.1 Å². The summed E-state index contributed by atoms with van der Waals surface area (Å²) in [6.07, 6.45) is 3.80. The number of pyridine rings is 1. The van der Waals surface area contributed by atoms with Gasteiger partial charge in [0.15, 0.2) is 0 Å². The van der Waals surface area contributed by atoms with Crippen molar-refractivity contribution >= 4 is 11.7 Å². The van der Waals surface area contributed by atoms with Gasteiger partial charge in [-0.25, -0.2) is 4.98 Å². The maximum absolute atomic E-state index is 11.1. The van der Waals surface area contributed by atoms with E-state index < -0.39 is 0 Å². The van der Waals surface area contributed by atoms with E-state index in [9.17, 15) is 4.79 Å². The van der Waals surface area contributed by atoms with E-state index in [1.807, 2.05) is 19.3 Å². The Morgan fingerprint density at radius 3 is 2.75 bits per heavy atom. The minimum Gasteiger partial charge on any atom is -0.356 e. The third-order valence-corrected chi connectivity index (χ3v) is 3.92. The molecule has 1 amide bonds. The highest BCUT2D eigenvalue weighted by Gasteiger charge is 2.23. The Hall–Kier alpha value is -1.62. The number of hydrogen-bond acceptors (Lipinski definition) is 4. The summed E-state index contributed by atoms with van der Waals surface area (Å²) in [4.78, 5) is 18.0. The number of amides is 1. The molecule has 20 heavy (non-hydrogen) atoms. The van der Waals surface area contributed by atoms with Gasteiger partial charge in [0.05, 0.1) is 0 Å². The maximum Gasteiger partial charge on any atom is 0.217 e. The first-order chi connectivity index (χ1) is 9.61. The molecule has 1 fully saturated rings. The van der Waals surface area contributed by atoms with Crippen molar-refractivity contribution in [3.8, 4) is 0 Å². The summed E-state index contributed by atoms with van der Waals surface area (Å²) in [5.74, 6) is 1.13. The molecule has 1 aliphatic rings. The predicted molar refractivity (Wildman–Crippen MR) is 80.8 cm³/mol. The van der Waals surface area contributed by atoms with E-state index in [0.29, 0.717) is 6.04 Å². The minimum atomic E-state index is 0.0609. The van der Waals surface area contributed by atoms with Crippen molar-refractivity contribution in [1.82, 2.24) is 15.6 Å². The molecular formula is C15H24N4O. The second-order valence-corrected chi connectivity index (χ2v) is 5.39. The van der Waals surface area contributed by atoms with E-state index >= 15 is 0 Å². The Labute approximate surface area is 120 Å². The number of anilines is 1. The van der Waals surface area contributed by atoms with Gasteiger partial charge in [0, 0.05) is 43.9 Å². The van der Waals surface area contributed by atoms with Crippen molar-refractivity contribution in [1.29, 1.82) is 0 Å². The van der Waals surface area contributed by atoms with Crippen molar-refractivity contribution in [2.45, 2.75) is 38.8 Å². The third kappa shape index (κ3) is 3.48. The maximum atomic E-state index is 11.1.